The Morgan fingerprint density at radius 1 is 1.33 bits per heavy atom. The molecule has 12 heavy (non-hydrogen) atoms. The number of rotatable bonds is 5. The predicted octanol–water partition coefficient (Wildman–Crippen LogP) is 2.08. The highest BCUT2D eigenvalue weighted by atomic mass is 32.2. The quantitative estimate of drug-likeness (QED) is 0.668. The van der Waals surface area contributed by atoms with Gasteiger partial charge in [0, 0.05) is 0 Å². The molecule has 0 amide bonds. The van der Waals surface area contributed by atoms with E-state index < -0.39 is 0 Å². The first-order valence-electron chi connectivity index (χ1n) is 4.78. The Balaban J connectivity index is 1.91. The van der Waals surface area contributed by atoms with Crippen molar-refractivity contribution in [1.29, 1.82) is 0 Å². The maximum atomic E-state index is 11.7. The third kappa shape index (κ3) is 4.31. The first kappa shape index (κ1) is 10.3. The zero-order chi connectivity index (χ0) is 8.65. The second kappa shape index (κ2) is 6.72. The molecule has 0 atom stereocenters. The van der Waals surface area contributed by atoms with Gasteiger partial charge in [0.2, 0.25) is 0 Å². The molecule has 0 aromatic heterocycles. The SMILES string of the molecule is FCCCNCC1CCSCC1. The molecule has 0 aromatic carbocycles. The molecular weight excluding hydrogens is 173 g/mol. The zero-order valence-electron chi connectivity index (χ0n) is 7.52. The van der Waals surface area contributed by atoms with Gasteiger partial charge in [0.25, 0.3) is 0 Å². The number of hydrogen-bond acceptors (Lipinski definition) is 2. The molecule has 1 heterocycles. The van der Waals surface area contributed by atoms with Gasteiger partial charge in [-0.2, -0.15) is 11.8 Å². The molecule has 1 aliphatic heterocycles. The molecule has 0 aliphatic carbocycles. The Morgan fingerprint density at radius 2 is 2.08 bits per heavy atom. The molecule has 1 saturated heterocycles. The van der Waals surface area contributed by atoms with E-state index in [2.05, 4.69) is 17.1 Å². The van der Waals surface area contributed by atoms with E-state index in [-0.39, 0.29) is 6.67 Å². The van der Waals surface area contributed by atoms with E-state index in [1.807, 2.05) is 0 Å². The molecule has 3 heteroatoms. The van der Waals surface area contributed by atoms with E-state index in [4.69, 9.17) is 0 Å². The van der Waals surface area contributed by atoms with E-state index in [1.54, 1.807) is 0 Å². The summed E-state index contributed by atoms with van der Waals surface area (Å²) in [6.07, 6.45) is 3.35. The Hall–Kier alpha value is 0.240. The van der Waals surface area contributed by atoms with Crippen LogP contribution in [0.3, 0.4) is 0 Å². The largest absolute Gasteiger partial charge is 0.316 e. The number of thioether (sulfide) groups is 1. The second-order valence-electron chi connectivity index (χ2n) is 3.30. The minimum atomic E-state index is -0.187. The van der Waals surface area contributed by atoms with Gasteiger partial charge in [-0.3, -0.25) is 4.39 Å². The highest BCUT2D eigenvalue weighted by molar-refractivity contribution is 7.99. The van der Waals surface area contributed by atoms with Gasteiger partial charge in [-0.1, -0.05) is 0 Å². The normalized spacial score (nSPS) is 19.8. The highest BCUT2D eigenvalue weighted by Crippen LogP contribution is 2.21. The lowest BCUT2D eigenvalue weighted by Gasteiger charge is -2.21. The van der Waals surface area contributed by atoms with E-state index in [1.165, 1.54) is 24.3 Å². The fourth-order valence-electron chi connectivity index (χ4n) is 1.45. The molecule has 1 rings (SSSR count). The summed E-state index contributed by atoms with van der Waals surface area (Å²) in [5.74, 6) is 3.48. The van der Waals surface area contributed by atoms with Crippen LogP contribution in [0.5, 0.6) is 0 Å². The van der Waals surface area contributed by atoms with Crippen LogP contribution in [0.15, 0.2) is 0 Å². The van der Waals surface area contributed by atoms with Crippen LogP contribution in [0.4, 0.5) is 4.39 Å². The Morgan fingerprint density at radius 3 is 2.75 bits per heavy atom. The van der Waals surface area contributed by atoms with Gasteiger partial charge in [-0.25, -0.2) is 0 Å². The van der Waals surface area contributed by atoms with Gasteiger partial charge in [0.05, 0.1) is 6.67 Å². The second-order valence-corrected chi connectivity index (χ2v) is 4.53. The van der Waals surface area contributed by atoms with Crippen molar-refractivity contribution in [1.82, 2.24) is 5.32 Å². The minimum Gasteiger partial charge on any atom is -0.316 e. The molecule has 0 spiro atoms. The minimum absolute atomic E-state index is 0.187. The van der Waals surface area contributed by atoms with Crippen molar-refractivity contribution in [2.24, 2.45) is 5.92 Å². The zero-order valence-corrected chi connectivity index (χ0v) is 8.34. The molecular formula is C9H18FNS. The van der Waals surface area contributed by atoms with Crippen molar-refractivity contribution in [3.63, 3.8) is 0 Å². The number of hydrogen-bond donors (Lipinski definition) is 1. The molecule has 72 valence electrons. The molecule has 1 aliphatic rings. The predicted molar refractivity (Wildman–Crippen MR) is 53.5 cm³/mol. The molecule has 0 saturated carbocycles. The molecule has 1 N–H and O–H groups in total. The topological polar surface area (TPSA) is 12.0 Å². The fraction of sp³-hybridized carbons (Fsp3) is 1.00. The van der Waals surface area contributed by atoms with Crippen molar-refractivity contribution in [2.75, 3.05) is 31.3 Å². The lowest BCUT2D eigenvalue weighted by molar-refractivity contribution is 0.419. The van der Waals surface area contributed by atoms with Crippen molar-refractivity contribution < 1.29 is 4.39 Å². The Bertz CT molecular complexity index is 105. The maximum absolute atomic E-state index is 11.7. The summed E-state index contributed by atoms with van der Waals surface area (Å²) in [6, 6.07) is 0. The lowest BCUT2D eigenvalue weighted by atomic mass is 10.0. The number of nitrogens with one attached hydrogen (secondary N) is 1. The van der Waals surface area contributed by atoms with E-state index in [9.17, 15) is 4.39 Å². The summed E-state index contributed by atoms with van der Waals surface area (Å²) in [6.45, 7) is 1.76. The van der Waals surface area contributed by atoms with Gasteiger partial charge in [-0.05, 0) is 49.8 Å². The smallest absolute Gasteiger partial charge is 0.0906 e. The van der Waals surface area contributed by atoms with Crippen LogP contribution in [-0.2, 0) is 0 Å². The Labute approximate surface area is 78.5 Å². The summed E-state index contributed by atoms with van der Waals surface area (Å²) in [5, 5.41) is 3.31. The summed E-state index contributed by atoms with van der Waals surface area (Å²) in [5.41, 5.74) is 0. The number of halogens is 1. The van der Waals surface area contributed by atoms with Crippen LogP contribution in [-0.4, -0.2) is 31.3 Å². The summed E-state index contributed by atoms with van der Waals surface area (Å²) < 4.78 is 11.7. The van der Waals surface area contributed by atoms with Gasteiger partial charge in [0.1, 0.15) is 0 Å². The summed E-state index contributed by atoms with van der Waals surface area (Å²) in [7, 11) is 0. The van der Waals surface area contributed by atoms with Gasteiger partial charge in [-0.15, -0.1) is 0 Å². The molecule has 0 radical (unpaired) electrons. The average Bonchev–Trinajstić information content (AvgIpc) is 2.14. The first-order chi connectivity index (χ1) is 5.93. The molecule has 1 fully saturated rings. The maximum Gasteiger partial charge on any atom is 0.0906 e. The van der Waals surface area contributed by atoms with Gasteiger partial charge < -0.3 is 5.32 Å². The van der Waals surface area contributed by atoms with Crippen molar-refractivity contribution in [3.05, 3.63) is 0 Å². The first-order valence-corrected chi connectivity index (χ1v) is 5.93. The third-order valence-corrected chi connectivity index (χ3v) is 3.31. The number of alkyl halides is 1. The van der Waals surface area contributed by atoms with Crippen LogP contribution < -0.4 is 5.32 Å². The van der Waals surface area contributed by atoms with Crippen LogP contribution in [0.25, 0.3) is 0 Å². The van der Waals surface area contributed by atoms with Crippen LogP contribution in [0.1, 0.15) is 19.3 Å². The monoisotopic (exact) mass is 191 g/mol. The molecule has 1 nitrogen and oxygen atoms in total. The van der Waals surface area contributed by atoms with Crippen LogP contribution in [0, 0.1) is 5.92 Å². The van der Waals surface area contributed by atoms with Crippen LogP contribution >= 0.6 is 11.8 Å². The van der Waals surface area contributed by atoms with Crippen LogP contribution in [0.2, 0.25) is 0 Å². The average molecular weight is 191 g/mol. The third-order valence-electron chi connectivity index (χ3n) is 2.26. The van der Waals surface area contributed by atoms with Crippen molar-refractivity contribution >= 4 is 11.8 Å². The molecule has 0 bridgehead atoms. The van der Waals surface area contributed by atoms with E-state index >= 15 is 0 Å². The van der Waals surface area contributed by atoms with Crippen molar-refractivity contribution in [2.45, 2.75) is 19.3 Å². The fourth-order valence-corrected chi connectivity index (χ4v) is 2.65. The van der Waals surface area contributed by atoms with Crippen molar-refractivity contribution in [3.8, 4) is 0 Å². The van der Waals surface area contributed by atoms with E-state index in [0.717, 1.165) is 19.0 Å². The highest BCUT2D eigenvalue weighted by Gasteiger charge is 2.12. The van der Waals surface area contributed by atoms with Gasteiger partial charge >= 0.3 is 0 Å². The summed E-state index contributed by atoms with van der Waals surface area (Å²) >= 11 is 2.05. The van der Waals surface area contributed by atoms with E-state index in [0.29, 0.717) is 6.42 Å². The summed E-state index contributed by atoms with van der Waals surface area (Å²) in [4.78, 5) is 0. The standard InChI is InChI=1S/C9H18FNS/c10-4-1-5-11-8-9-2-6-12-7-3-9/h9,11H,1-8H2. The van der Waals surface area contributed by atoms with Gasteiger partial charge in [0.15, 0.2) is 0 Å². The molecule has 0 unspecified atom stereocenters. The molecule has 0 aromatic rings. The lowest BCUT2D eigenvalue weighted by Crippen LogP contribution is -2.26. The Kier molecular flexibility index (Phi) is 5.78.